The van der Waals surface area contributed by atoms with E-state index in [1.807, 2.05) is 18.3 Å². The molecule has 2 atom stereocenters. The van der Waals surface area contributed by atoms with E-state index in [1.54, 1.807) is 13.2 Å². The number of hydrogen-bond acceptors (Lipinski definition) is 4. The van der Waals surface area contributed by atoms with Crippen molar-refractivity contribution in [3.63, 3.8) is 0 Å². The number of piperidine rings is 1. The number of methoxy groups -OCH3 is 1. The number of carbonyl (C=O) groups is 1. The van der Waals surface area contributed by atoms with Crippen LogP contribution in [0.4, 0.5) is 0 Å². The second-order valence-electron chi connectivity index (χ2n) is 10.0. The highest BCUT2D eigenvalue weighted by molar-refractivity contribution is 5.89. The number of rotatable bonds is 4. The molecule has 6 heteroatoms. The molecule has 1 fully saturated rings. The third kappa shape index (κ3) is 5.06. The molecule has 0 saturated carbocycles. The summed E-state index contributed by atoms with van der Waals surface area (Å²) in [5.74, 6) is 0.0130. The standard InChI is InChI=1S/C30H36N2O4/c1-20-16-28(35-2)26(25-11-13-31-29(20)25)19-32-14-12-23-18-27(32)24-10-9-22(30(33)34)17-21(24)8-6-4-3-5-7-15-36-23/h6,8-11,13,16-17,23,27,31H,3-5,7,12,14-15,18-19H2,1-2H3,(H,33,34)/b8-6-/t23-,27-/m0/s1. The summed E-state index contributed by atoms with van der Waals surface area (Å²) in [6.45, 7) is 4.56. The first-order valence-electron chi connectivity index (χ1n) is 13.1. The predicted molar refractivity (Wildman–Crippen MR) is 143 cm³/mol. The van der Waals surface area contributed by atoms with E-state index in [2.05, 4.69) is 41.1 Å². The van der Waals surface area contributed by atoms with E-state index >= 15 is 0 Å². The van der Waals surface area contributed by atoms with Gasteiger partial charge in [-0.1, -0.05) is 24.6 Å². The number of benzene rings is 2. The molecular weight excluding hydrogens is 452 g/mol. The zero-order valence-electron chi connectivity index (χ0n) is 21.3. The molecule has 0 aliphatic carbocycles. The smallest absolute Gasteiger partial charge is 0.335 e. The van der Waals surface area contributed by atoms with E-state index < -0.39 is 5.97 Å². The molecule has 2 aromatic carbocycles. The molecule has 0 amide bonds. The van der Waals surface area contributed by atoms with Gasteiger partial charge in [0, 0.05) is 48.4 Å². The molecule has 2 N–H and O–H groups in total. The molecule has 1 saturated heterocycles. The summed E-state index contributed by atoms with van der Waals surface area (Å²) in [5, 5.41) is 10.8. The van der Waals surface area contributed by atoms with E-state index in [-0.39, 0.29) is 12.1 Å². The largest absolute Gasteiger partial charge is 0.496 e. The number of aromatic nitrogens is 1. The van der Waals surface area contributed by atoms with E-state index in [4.69, 9.17) is 9.47 Å². The molecule has 0 radical (unpaired) electrons. The van der Waals surface area contributed by atoms with E-state index in [0.29, 0.717) is 5.56 Å². The second-order valence-corrected chi connectivity index (χ2v) is 10.0. The number of carboxylic acid groups (broad SMARTS) is 1. The summed E-state index contributed by atoms with van der Waals surface area (Å²) in [6, 6.07) is 9.95. The third-order valence-electron chi connectivity index (χ3n) is 7.72. The highest BCUT2D eigenvalue weighted by Gasteiger charge is 2.32. The summed E-state index contributed by atoms with van der Waals surface area (Å²) in [4.78, 5) is 17.7. The van der Waals surface area contributed by atoms with Crippen molar-refractivity contribution in [1.82, 2.24) is 9.88 Å². The SMILES string of the molecule is COc1cc(C)c2[nH]ccc2c1CN1CC[C@H]2C[C@H]1c1ccc(C(=O)O)cc1/C=C\CCCCCO2. The first-order valence-corrected chi connectivity index (χ1v) is 13.1. The number of carboxylic acids is 1. The average Bonchev–Trinajstić information content (AvgIpc) is 3.38. The monoisotopic (exact) mass is 488 g/mol. The third-order valence-corrected chi connectivity index (χ3v) is 7.72. The number of ether oxygens (including phenoxy) is 2. The van der Waals surface area contributed by atoms with Crippen molar-refractivity contribution in [1.29, 1.82) is 0 Å². The number of aromatic carboxylic acids is 1. The van der Waals surface area contributed by atoms with Crippen LogP contribution in [0.1, 0.15) is 77.2 Å². The Labute approximate surface area is 212 Å². The van der Waals surface area contributed by atoms with Gasteiger partial charge in [0.15, 0.2) is 0 Å². The van der Waals surface area contributed by atoms with Crippen LogP contribution in [-0.4, -0.2) is 47.3 Å². The quantitative estimate of drug-likeness (QED) is 0.439. The fraction of sp³-hybridized carbons (Fsp3) is 0.433. The molecule has 0 unspecified atom stereocenters. The van der Waals surface area contributed by atoms with Crippen LogP contribution in [0.5, 0.6) is 5.75 Å². The van der Waals surface area contributed by atoms with Gasteiger partial charge in [0.05, 0.1) is 18.8 Å². The van der Waals surface area contributed by atoms with Gasteiger partial charge in [0.2, 0.25) is 0 Å². The normalized spacial score (nSPS) is 22.2. The Morgan fingerprint density at radius 3 is 2.94 bits per heavy atom. The molecule has 2 aliphatic heterocycles. The van der Waals surface area contributed by atoms with Gasteiger partial charge in [0.25, 0.3) is 0 Å². The number of allylic oxidation sites excluding steroid dienone is 1. The number of fused-ring (bicyclic) bond motifs is 5. The number of nitrogens with one attached hydrogen (secondary N) is 1. The maximum absolute atomic E-state index is 11.8. The van der Waals surface area contributed by atoms with Gasteiger partial charge in [0.1, 0.15) is 5.75 Å². The Morgan fingerprint density at radius 2 is 2.11 bits per heavy atom. The number of hydrogen-bond donors (Lipinski definition) is 2. The number of H-pyrrole nitrogens is 1. The van der Waals surface area contributed by atoms with Gasteiger partial charge in [-0.15, -0.1) is 0 Å². The average molecular weight is 489 g/mol. The van der Waals surface area contributed by atoms with E-state index in [1.165, 1.54) is 22.1 Å². The lowest BCUT2D eigenvalue weighted by atomic mass is 9.88. The van der Waals surface area contributed by atoms with Crippen LogP contribution in [0.2, 0.25) is 0 Å². The lowest BCUT2D eigenvalue weighted by Gasteiger charge is -2.40. The first-order chi connectivity index (χ1) is 17.5. The molecule has 6 nitrogen and oxygen atoms in total. The van der Waals surface area contributed by atoms with Crippen LogP contribution in [0, 0.1) is 6.92 Å². The summed E-state index contributed by atoms with van der Waals surface area (Å²) < 4.78 is 12.2. The topological polar surface area (TPSA) is 74.8 Å². The second kappa shape index (κ2) is 10.9. The van der Waals surface area contributed by atoms with Crippen LogP contribution in [0.3, 0.4) is 0 Å². The number of aryl methyl sites for hydroxylation is 1. The minimum atomic E-state index is -0.893. The van der Waals surface area contributed by atoms with Gasteiger partial charge in [-0.25, -0.2) is 4.79 Å². The van der Waals surface area contributed by atoms with E-state index in [0.717, 1.165) is 75.1 Å². The van der Waals surface area contributed by atoms with Crippen LogP contribution in [0.25, 0.3) is 17.0 Å². The van der Waals surface area contributed by atoms with Gasteiger partial charge in [-0.3, -0.25) is 4.90 Å². The van der Waals surface area contributed by atoms with Gasteiger partial charge in [-0.2, -0.15) is 0 Å². The summed E-state index contributed by atoms with van der Waals surface area (Å²) >= 11 is 0. The van der Waals surface area contributed by atoms with Crippen molar-refractivity contribution < 1.29 is 19.4 Å². The van der Waals surface area contributed by atoms with E-state index in [9.17, 15) is 9.90 Å². The van der Waals surface area contributed by atoms with Crippen LogP contribution in [-0.2, 0) is 11.3 Å². The zero-order valence-corrected chi connectivity index (χ0v) is 21.3. The fourth-order valence-electron chi connectivity index (χ4n) is 5.79. The molecule has 2 aliphatic rings. The van der Waals surface area contributed by atoms with Crippen molar-refractivity contribution in [2.24, 2.45) is 0 Å². The van der Waals surface area contributed by atoms with Crippen LogP contribution < -0.4 is 4.74 Å². The van der Waals surface area contributed by atoms with Gasteiger partial charge >= 0.3 is 5.97 Å². The number of aromatic amines is 1. The maximum atomic E-state index is 11.8. The Balaban J connectivity index is 1.56. The molecule has 1 aromatic heterocycles. The molecule has 190 valence electrons. The molecule has 5 rings (SSSR count). The Kier molecular flexibility index (Phi) is 7.44. The number of likely N-dealkylation sites (tertiary alicyclic amines) is 1. The van der Waals surface area contributed by atoms with Crippen molar-refractivity contribution in [2.45, 2.75) is 64.1 Å². The van der Waals surface area contributed by atoms with Crippen LogP contribution >= 0.6 is 0 Å². The molecule has 3 aromatic rings. The molecule has 2 bridgehead atoms. The lowest BCUT2D eigenvalue weighted by Crippen LogP contribution is -2.40. The molecule has 0 spiro atoms. The highest BCUT2D eigenvalue weighted by atomic mass is 16.5. The molecule has 36 heavy (non-hydrogen) atoms. The molecular formula is C30H36N2O4. The van der Waals surface area contributed by atoms with Crippen LogP contribution in [0.15, 0.2) is 42.6 Å². The predicted octanol–water partition coefficient (Wildman–Crippen LogP) is 6.49. The fourth-order valence-corrected chi connectivity index (χ4v) is 5.79. The van der Waals surface area contributed by atoms with Crippen molar-refractivity contribution >= 4 is 22.9 Å². The Hall–Kier alpha value is -3.09. The van der Waals surface area contributed by atoms with Crippen molar-refractivity contribution in [2.75, 3.05) is 20.3 Å². The Bertz CT molecular complexity index is 1260. The minimum absolute atomic E-state index is 0.118. The zero-order chi connectivity index (χ0) is 25.1. The first kappa shape index (κ1) is 24.6. The Morgan fingerprint density at radius 1 is 1.22 bits per heavy atom. The highest BCUT2D eigenvalue weighted by Crippen LogP contribution is 2.39. The summed E-state index contributed by atoms with van der Waals surface area (Å²) in [6.07, 6.45) is 12.7. The number of nitrogens with zero attached hydrogens (tertiary/aromatic N) is 1. The van der Waals surface area contributed by atoms with Gasteiger partial charge in [-0.05, 0) is 80.0 Å². The molecule has 3 heterocycles. The maximum Gasteiger partial charge on any atom is 0.335 e. The summed E-state index contributed by atoms with van der Waals surface area (Å²) in [5.41, 5.74) is 5.98. The lowest BCUT2D eigenvalue weighted by molar-refractivity contribution is -0.0201. The van der Waals surface area contributed by atoms with Crippen molar-refractivity contribution in [3.05, 3.63) is 70.4 Å². The van der Waals surface area contributed by atoms with Gasteiger partial charge < -0.3 is 19.6 Å². The van der Waals surface area contributed by atoms with Crippen molar-refractivity contribution in [3.8, 4) is 5.75 Å². The summed E-state index contributed by atoms with van der Waals surface area (Å²) in [7, 11) is 1.74. The minimum Gasteiger partial charge on any atom is -0.496 e.